The zero-order valence-electron chi connectivity index (χ0n) is 9.68. The van der Waals surface area contributed by atoms with Crippen LogP contribution >= 0.6 is 12.4 Å². The third-order valence-electron chi connectivity index (χ3n) is 2.37. The third kappa shape index (κ3) is 4.13. The van der Waals surface area contributed by atoms with Crippen molar-refractivity contribution in [1.29, 1.82) is 0 Å². The molecule has 0 atom stereocenters. The lowest BCUT2D eigenvalue weighted by Gasteiger charge is -2.04. The maximum absolute atomic E-state index is 5.23. The highest BCUT2D eigenvalue weighted by Crippen LogP contribution is 2.11. The lowest BCUT2D eigenvalue weighted by molar-refractivity contribution is 0.414. The van der Waals surface area contributed by atoms with Gasteiger partial charge in [-0.2, -0.15) is 0 Å². The average Bonchev–Trinajstić information content (AvgIpc) is 2.83. The number of ether oxygens (including phenoxy) is 1. The fourth-order valence-electron chi connectivity index (χ4n) is 1.49. The third-order valence-corrected chi connectivity index (χ3v) is 2.37. The largest absolute Gasteiger partial charge is 0.497 e. The van der Waals surface area contributed by atoms with Gasteiger partial charge >= 0.3 is 0 Å². The van der Waals surface area contributed by atoms with E-state index in [-0.39, 0.29) is 12.4 Å². The summed E-state index contributed by atoms with van der Waals surface area (Å²) in [4.78, 5) is 0. The topological polar surface area (TPSA) is 34.4 Å². The van der Waals surface area contributed by atoms with Crippen LogP contribution in [0.5, 0.6) is 5.75 Å². The van der Waals surface area contributed by atoms with Gasteiger partial charge in [0.25, 0.3) is 0 Å². The van der Waals surface area contributed by atoms with Gasteiger partial charge in [-0.25, -0.2) is 0 Å². The van der Waals surface area contributed by atoms with Crippen LogP contribution in [-0.4, -0.2) is 7.11 Å². The summed E-state index contributed by atoms with van der Waals surface area (Å²) in [7, 11) is 1.67. The number of benzene rings is 1. The summed E-state index contributed by atoms with van der Waals surface area (Å²) in [6.07, 6.45) is 1.68. The Morgan fingerprint density at radius 3 is 2.47 bits per heavy atom. The molecule has 2 rings (SSSR count). The molecule has 0 aliphatic rings. The first kappa shape index (κ1) is 13.6. The molecule has 0 amide bonds. The normalized spacial score (nSPS) is 9.71. The Bertz CT molecular complexity index is 411. The number of rotatable bonds is 5. The molecule has 0 saturated heterocycles. The van der Waals surface area contributed by atoms with E-state index in [0.29, 0.717) is 0 Å². The standard InChI is InChI=1S/C13H15NO2.ClH/c1-15-12-6-4-11(5-7-12)9-14-10-13-3-2-8-16-13;/h2-8,14H,9-10H2,1H3;1H. The van der Waals surface area contributed by atoms with Crippen molar-refractivity contribution < 1.29 is 9.15 Å². The number of furan rings is 1. The van der Waals surface area contributed by atoms with E-state index in [1.54, 1.807) is 13.4 Å². The minimum atomic E-state index is 0. The molecule has 0 saturated carbocycles. The van der Waals surface area contributed by atoms with Crippen molar-refractivity contribution in [2.75, 3.05) is 7.11 Å². The molecule has 0 fully saturated rings. The fourth-order valence-corrected chi connectivity index (χ4v) is 1.49. The molecule has 1 N–H and O–H groups in total. The Kier molecular flexibility index (Phi) is 5.60. The highest BCUT2D eigenvalue weighted by Gasteiger charge is 1.96. The Labute approximate surface area is 107 Å². The monoisotopic (exact) mass is 253 g/mol. The van der Waals surface area contributed by atoms with Crippen LogP contribution < -0.4 is 10.1 Å². The number of halogens is 1. The van der Waals surface area contributed by atoms with Gasteiger partial charge < -0.3 is 14.5 Å². The minimum absolute atomic E-state index is 0. The van der Waals surface area contributed by atoms with Crippen LogP contribution in [0.1, 0.15) is 11.3 Å². The molecule has 1 aromatic carbocycles. The number of methoxy groups -OCH3 is 1. The zero-order chi connectivity index (χ0) is 11.2. The molecule has 0 radical (unpaired) electrons. The molecule has 0 unspecified atom stereocenters. The van der Waals surface area contributed by atoms with Crippen LogP contribution in [0.25, 0.3) is 0 Å². The van der Waals surface area contributed by atoms with Gasteiger partial charge in [-0.1, -0.05) is 12.1 Å². The number of hydrogen-bond donors (Lipinski definition) is 1. The second kappa shape index (κ2) is 6.99. The van der Waals surface area contributed by atoms with E-state index < -0.39 is 0 Å². The van der Waals surface area contributed by atoms with Crippen molar-refractivity contribution in [3.05, 3.63) is 54.0 Å². The average molecular weight is 254 g/mol. The van der Waals surface area contributed by atoms with Crippen molar-refractivity contribution in [2.45, 2.75) is 13.1 Å². The quantitative estimate of drug-likeness (QED) is 0.890. The van der Waals surface area contributed by atoms with Crippen molar-refractivity contribution in [3.63, 3.8) is 0 Å². The lowest BCUT2D eigenvalue weighted by atomic mass is 10.2. The van der Waals surface area contributed by atoms with Crippen LogP contribution in [0.15, 0.2) is 47.1 Å². The lowest BCUT2D eigenvalue weighted by Crippen LogP contribution is -2.11. The van der Waals surface area contributed by atoms with Crippen LogP contribution in [0.3, 0.4) is 0 Å². The number of hydrogen-bond acceptors (Lipinski definition) is 3. The van der Waals surface area contributed by atoms with Gasteiger partial charge in [0.05, 0.1) is 19.9 Å². The first-order chi connectivity index (χ1) is 7.88. The molecule has 3 nitrogen and oxygen atoms in total. The van der Waals surface area contributed by atoms with Gasteiger partial charge in [0.1, 0.15) is 11.5 Å². The van der Waals surface area contributed by atoms with E-state index in [0.717, 1.165) is 24.6 Å². The molecule has 17 heavy (non-hydrogen) atoms. The van der Waals surface area contributed by atoms with Crippen LogP contribution in [0.4, 0.5) is 0 Å². The second-order valence-corrected chi connectivity index (χ2v) is 3.53. The summed E-state index contributed by atoms with van der Waals surface area (Å²) >= 11 is 0. The second-order valence-electron chi connectivity index (χ2n) is 3.53. The summed E-state index contributed by atoms with van der Waals surface area (Å²) in [5.41, 5.74) is 1.23. The van der Waals surface area contributed by atoms with Crippen molar-refractivity contribution in [1.82, 2.24) is 5.32 Å². The highest BCUT2D eigenvalue weighted by molar-refractivity contribution is 5.85. The van der Waals surface area contributed by atoms with Gasteiger partial charge in [-0.3, -0.25) is 0 Å². The van der Waals surface area contributed by atoms with Crippen molar-refractivity contribution >= 4 is 12.4 Å². The highest BCUT2D eigenvalue weighted by atomic mass is 35.5. The van der Waals surface area contributed by atoms with Crippen LogP contribution in [0, 0.1) is 0 Å². The van der Waals surface area contributed by atoms with E-state index in [1.165, 1.54) is 5.56 Å². The molecule has 92 valence electrons. The maximum Gasteiger partial charge on any atom is 0.118 e. The van der Waals surface area contributed by atoms with E-state index in [9.17, 15) is 0 Å². The molecular weight excluding hydrogens is 238 g/mol. The van der Waals surface area contributed by atoms with Gasteiger partial charge in [-0.15, -0.1) is 12.4 Å². The van der Waals surface area contributed by atoms with Gasteiger partial charge in [0.15, 0.2) is 0 Å². The number of nitrogens with one attached hydrogen (secondary N) is 1. The Morgan fingerprint density at radius 2 is 1.88 bits per heavy atom. The Balaban J connectivity index is 0.00000144. The Hall–Kier alpha value is -1.45. The SMILES string of the molecule is COc1ccc(CNCc2ccco2)cc1.Cl. The molecule has 4 heteroatoms. The van der Waals surface area contributed by atoms with Crippen LogP contribution in [0.2, 0.25) is 0 Å². The predicted molar refractivity (Wildman–Crippen MR) is 69.5 cm³/mol. The molecule has 0 bridgehead atoms. The van der Waals surface area contributed by atoms with Gasteiger partial charge in [0.2, 0.25) is 0 Å². The Morgan fingerprint density at radius 1 is 1.12 bits per heavy atom. The molecule has 0 aliphatic carbocycles. The first-order valence-electron chi connectivity index (χ1n) is 5.24. The van der Waals surface area contributed by atoms with Crippen LogP contribution in [-0.2, 0) is 13.1 Å². The maximum atomic E-state index is 5.23. The first-order valence-corrected chi connectivity index (χ1v) is 5.24. The van der Waals surface area contributed by atoms with Crippen molar-refractivity contribution in [2.24, 2.45) is 0 Å². The predicted octanol–water partition coefficient (Wildman–Crippen LogP) is 3.00. The van der Waals surface area contributed by atoms with E-state index in [1.807, 2.05) is 36.4 Å². The molecule has 1 aromatic heterocycles. The van der Waals surface area contributed by atoms with E-state index in [4.69, 9.17) is 9.15 Å². The summed E-state index contributed by atoms with van der Waals surface area (Å²) in [5.74, 6) is 1.84. The summed E-state index contributed by atoms with van der Waals surface area (Å²) in [5, 5.41) is 3.31. The summed E-state index contributed by atoms with van der Waals surface area (Å²) < 4.78 is 10.3. The zero-order valence-corrected chi connectivity index (χ0v) is 10.5. The van der Waals surface area contributed by atoms with Gasteiger partial charge in [0, 0.05) is 6.54 Å². The molecule has 0 spiro atoms. The molecule has 0 aliphatic heterocycles. The smallest absolute Gasteiger partial charge is 0.118 e. The summed E-state index contributed by atoms with van der Waals surface area (Å²) in [6, 6.07) is 11.9. The van der Waals surface area contributed by atoms with E-state index in [2.05, 4.69) is 5.32 Å². The molecule has 1 heterocycles. The summed E-state index contributed by atoms with van der Waals surface area (Å²) in [6.45, 7) is 1.57. The fraction of sp³-hybridized carbons (Fsp3) is 0.231. The van der Waals surface area contributed by atoms with Crippen molar-refractivity contribution in [3.8, 4) is 5.75 Å². The minimum Gasteiger partial charge on any atom is -0.497 e. The van der Waals surface area contributed by atoms with E-state index >= 15 is 0 Å². The molecular formula is C13H16ClNO2. The molecule has 2 aromatic rings. The van der Waals surface area contributed by atoms with Gasteiger partial charge in [-0.05, 0) is 29.8 Å².